The molecule has 19 heavy (non-hydrogen) atoms. The smallest absolute Gasteiger partial charge is 0.351 e. The molecule has 0 fully saturated rings. The number of likely N-dealkylation sites (N-methyl/N-ethyl adjacent to an activating group) is 1. The highest BCUT2D eigenvalue weighted by Gasteiger charge is 2.05. The highest BCUT2D eigenvalue weighted by molar-refractivity contribution is 7.07. The molecule has 0 aromatic carbocycles. The molecule has 7 heteroatoms. The first kappa shape index (κ1) is 17.6. The minimum Gasteiger partial charge on any atom is -0.539 e. The van der Waals surface area contributed by atoms with Crippen LogP contribution in [0.5, 0.6) is 0 Å². The molecule has 0 aliphatic rings. The lowest BCUT2D eigenvalue weighted by atomic mass is 10.2. The van der Waals surface area contributed by atoms with Crippen molar-refractivity contribution in [2.24, 2.45) is 0 Å². The van der Waals surface area contributed by atoms with Crippen LogP contribution in [0.3, 0.4) is 0 Å². The van der Waals surface area contributed by atoms with Gasteiger partial charge in [0.05, 0.1) is 26.8 Å². The van der Waals surface area contributed by atoms with E-state index in [1.807, 2.05) is 0 Å². The number of nitrogens with one attached hydrogen (secondary N) is 1. The van der Waals surface area contributed by atoms with Gasteiger partial charge in [0.15, 0.2) is 5.97 Å². The minimum absolute atomic E-state index is 0.241. The van der Waals surface area contributed by atoms with Crippen molar-refractivity contribution in [3.63, 3.8) is 0 Å². The van der Waals surface area contributed by atoms with Gasteiger partial charge in [-0.15, -0.1) is 0 Å². The van der Waals surface area contributed by atoms with E-state index in [9.17, 15) is 0 Å². The lowest BCUT2D eigenvalue weighted by molar-refractivity contribution is -0.858. The molecule has 0 aliphatic carbocycles. The second kappa shape index (κ2) is 9.48. The summed E-state index contributed by atoms with van der Waals surface area (Å²) in [4.78, 5) is 19.5. The van der Waals surface area contributed by atoms with Crippen LogP contribution in [-0.4, -0.2) is 44.3 Å². The number of hydrogen-bond acceptors (Lipinski definition) is 5. The second-order valence-electron chi connectivity index (χ2n) is 4.12. The number of rotatable bonds is 5. The molecule has 0 radical (unpaired) electrons. The first-order chi connectivity index (χ1) is 8.84. The standard InChI is InChI=1S/C10H17NOS.C2H2O4/c1-9(10-4-7-13-8-10)12-6-5-11(2)3;3-1(4)2(5)6/h4,7-9H,5-6H2,1-3H3;(H,3,4)(H,5,6). The Bertz CT molecular complexity index is 365. The van der Waals surface area contributed by atoms with Crippen LogP contribution in [0.15, 0.2) is 16.8 Å². The van der Waals surface area contributed by atoms with Crippen LogP contribution in [0.1, 0.15) is 18.6 Å². The lowest BCUT2D eigenvalue weighted by Crippen LogP contribution is -3.06. The number of hydrogen-bond donors (Lipinski definition) is 2. The minimum atomic E-state index is -2.07. The zero-order valence-electron chi connectivity index (χ0n) is 11.2. The summed E-state index contributed by atoms with van der Waals surface area (Å²) in [5.41, 5.74) is 1.29. The molecule has 108 valence electrons. The Morgan fingerprint density at radius 1 is 1.53 bits per heavy atom. The van der Waals surface area contributed by atoms with Crippen LogP contribution < -0.4 is 10.0 Å². The molecule has 0 saturated carbocycles. The molecule has 0 aliphatic heterocycles. The molecule has 0 saturated heterocycles. The third kappa shape index (κ3) is 9.18. The van der Waals surface area contributed by atoms with E-state index in [2.05, 4.69) is 37.8 Å². The maximum atomic E-state index is 9.04. The number of ether oxygens (including phenoxy) is 1. The number of carboxylic acids is 2. The number of quaternary nitrogens is 1. The summed E-state index contributed by atoms with van der Waals surface area (Å²) in [6, 6.07) is 2.12. The largest absolute Gasteiger partial charge is 0.539 e. The Kier molecular flexibility index (Phi) is 8.77. The van der Waals surface area contributed by atoms with Crippen LogP contribution in [0.25, 0.3) is 0 Å². The molecule has 0 spiro atoms. The van der Waals surface area contributed by atoms with Crippen molar-refractivity contribution in [2.45, 2.75) is 13.0 Å². The number of carbonyl (C=O) groups excluding carboxylic acids is 1. The van der Waals surface area contributed by atoms with E-state index in [4.69, 9.17) is 24.5 Å². The Labute approximate surface area is 116 Å². The van der Waals surface area contributed by atoms with Crippen molar-refractivity contribution < 1.29 is 29.4 Å². The predicted octanol–water partition coefficient (Wildman–Crippen LogP) is -1.21. The van der Waals surface area contributed by atoms with Crippen LogP contribution >= 0.6 is 11.3 Å². The van der Waals surface area contributed by atoms with Crippen molar-refractivity contribution in [3.8, 4) is 0 Å². The van der Waals surface area contributed by atoms with E-state index in [-0.39, 0.29) is 6.10 Å². The average molecular weight is 289 g/mol. The van der Waals surface area contributed by atoms with Gasteiger partial charge in [-0.3, -0.25) is 0 Å². The molecule has 1 atom stereocenters. The molecule has 2 N–H and O–H groups in total. The van der Waals surface area contributed by atoms with Crippen LogP contribution in [0.2, 0.25) is 0 Å². The van der Waals surface area contributed by atoms with Crippen molar-refractivity contribution in [3.05, 3.63) is 22.4 Å². The van der Waals surface area contributed by atoms with Crippen LogP contribution in [0, 0.1) is 0 Å². The van der Waals surface area contributed by atoms with Gasteiger partial charge in [0, 0.05) is 0 Å². The molecule has 1 unspecified atom stereocenters. The van der Waals surface area contributed by atoms with E-state index in [0.717, 1.165) is 13.2 Å². The summed E-state index contributed by atoms with van der Waals surface area (Å²) in [6.45, 7) is 4.00. The quantitative estimate of drug-likeness (QED) is 0.664. The highest BCUT2D eigenvalue weighted by atomic mass is 32.1. The molecular formula is C12H19NO5S. The van der Waals surface area contributed by atoms with Crippen molar-refractivity contribution in [1.29, 1.82) is 0 Å². The summed E-state index contributed by atoms with van der Waals surface area (Å²) in [5, 5.41) is 20.6. The SMILES string of the molecule is CC(OCC[NH+](C)C)c1ccsc1.O=C([O-])C(=O)O. The summed E-state index contributed by atoms with van der Waals surface area (Å²) >= 11 is 1.72. The topological polar surface area (TPSA) is 91.1 Å². The van der Waals surface area contributed by atoms with Crippen molar-refractivity contribution in [1.82, 2.24) is 0 Å². The maximum Gasteiger partial charge on any atom is 0.351 e. The summed E-state index contributed by atoms with van der Waals surface area (Å²) < 4.78 is 5.68. The monoisotopic (exact) mass is 289 g/mol. The van der Waals surface area contributed by atoms with Crippen molar-refractivity contribution >= 4 is 23.3 Å². The Balaban J connectivity index is 0.000000459. The molecular weight excluding hydrogens is 270 g/mol. The van der Waals surface area contributed by atoms with Crippen LogP contribution in [0.4, 0.5) is 0 Å². The molecule has 6 nitrogen and oxygen atoms in total. The van der Waals surface area contributed by atoms with E-state index >= 15 is 0 Å². The van der Waals surface area contributed by atoms with Gasteiger partial charge in [0.1, 0.15) is 6.54 Å². The summed E-state index contributed by atoms with van der Waals surface area (Å²) in [5.74, 6) is -4.01. The van der Waals surface area contributed by atoms with Crippen molar-refractivity contribution in [2.75, 3.05) is 27.2 Å². The van der Waals surface area contributed by atoms with Gasteiger partial charge < -0.3 is 24.6 Å². The lowest BCUT2D eigenvalue weighted by Gasteiger charge is -2.12. The van der Waals surface area contributed by atoms with Gasteiger partial charge >= 0.3 is 5.97 Å². The van der Waals surface area contributed by atoms with E-state index in [1.54, 1.807) is 11.3 Å². The second-order valence-corrected chi connectivity index (χ2v) is 4.90. The Hall–Kier alpha value is -1.44. The number of thiophene rings is 1. The Morgan fingerprint density at radius 2 is 2.11 bits per heavy atom. The fraction of sp³-hybridized carbons (Fsp3) is 0.500. The fourth-order valence-corrected chi connectivity index (χ4v) is 1.78. The number of carboxylic acid groups (broad SMARTS) is 2. The maximum absolute atomic E-state index is 9.04. The first-order valence-corrected chi connectivity index (χ1v) is 6.65. The van der Waals surface area contributed by atoms with Gasteiger partial charge in [-0.05, 0) is 29.3 Å². The molecule has 0 amide bonds. The molecule has 1 aromatic heterocycles. The third-order valence-electron chi connectivity index (χ3n) is 2.16. The summed E-state index contributed by atoms with van der Waals surface area (Å²) in [6.07, 6.45) is 0.241. The predicted molar refractivity (Wildman–Crippen MR) is 69.0 cm³/mol. The average Bonchev–Trinajstić information content (AvgIpc) is 2.82. The number of aliphatic carboxylic acids is 2. The third-order valence-corrected chi connectivity index (χ3v) is 2.86. The van der Waals surface area contributed by atoms with Crippen LogP contribution in [-0.2, 0) is 14.3 Å². The molecule has 0 bridgehead atoms. The highest BCUT2D eigenvalue weighted by Crippen LogP contribution is 2.18. The zero-order valence-corrected chi connectivity index (χ0v) is 12.0. The molecule has 1 heterocycles. The van der Waals surface area contributed by atoms with Gasteiger partial charge in [-0.25, -0.2) is 4.79 Å². The fourth-order valence-electron chi connectivity index (χ4n) is 1.04. The van der Waals surface area contributed by atoms with Gasteiger partial charge in [0.2, 0.25) is 0 Å². The summed E-state index contributed by atoms with van der Waals surface area (Å²) in [7, 11) is 4.28. The van der Waals surface area contributed by atoms with E-state index in [1.165, 1.54) is 10.5 Å². The van der Waals surface area contributed by atoms with E-state index in [0.29, 0.717) is 0 Å². The molecule has 1 rings (SSSR count). The van der Waals surface area contributed by atoms with E-state index < -0.39 is 11.9 Å². The Morgan fingerprint density at radius 3 is 2.47 bits per heavy atom. The normalized spacial score (nSPS) is 11.6. The number of carbonyl (C=O) groups is 2. The van der Waals surface area contributed by atoms with Gasteiger partial charge in [-0.1, -0.05) is 0 Å². The zero-order chi connectivity index (χ0) is 14.8. The molecule has 1 aromatic rings. The van der Waals surface area contributed by atoms with Gasteiger partial charge in [-0.2, -0.15) is 11.3 Å². The van der Waals surface area contributed by atoms with Gasteiger partial charge in [0.25, 0.3) is 0 Å². The first-order valence-electron chi connectivity index (χ1n) is 5.71.